The van der Waals surface area contributed by atoms with E-state index in [0.717, 1.165) is 6.42 Å². The Morgan fingerprint density at radius 2 is 2.00 bits per heavy atom. The van der Waals surface area contributed by atoms with E-state index in [1.807, 2.05) is 6.92 Å². The Bertz CT molecular complexity index is 403. The third kappa shape index (κ3) is 2.49. The lowest BCUT2D eigenvalue weighted by Crippen LogP contribution is -2.55. The molecule has 6 heteroatoms. The number of hydrogen-bond donors (Lipinski definition) is 2. The number of amides is 3. The van der Waals surface area contributed by atoms with Gasteiger partial charge < -0.3 is 11.1 Å². The molecular weight excluding hydrogens is 246 g/mol. The third-order valence-electron chi connectivity index (χ3n) is 4.10. The van der Waals surface area contributed by atoms with Gasteiger partial charge in [-0.3, -0.25) is 19.3 Å². The molecule has 106 valence electrons. The van der Waals surface area contributed by atoms with E-state index >= 15 is 0 Å². The molecule has 19 heavy (non-hydrogen) atoms. The van der Waals surface area contributed by atoms with Crippen LogP contribution in [0.2, 0.25) is 0 Å². The maximum Gasteiger partial charge on any atom is 0.237 e. The SMILES string of the molecule is CCCNC(C)(CCN1C(=O)C2CC2C1=O)C(N)=O. The molecule has 0 aromatic carbocycles. The normalized spacial score (nSPS) is 28.2. The zero-order chi connectivity index (χ0) is 14.2. The Kier molecular flexibility index (Phi) is 3.62. The monoisotopic (exact) mass is 267 g/mol. The van der Waals surface area contributed by atoms with E-state index in [4.69, 9.17) is 5.73 Å². The Morgan fingerprint density at radius 1 is 1.42 bits per heavy atom. The molecule has 0 bridgehead atoms. The van der Waals surface area contributed by atoms with E-state index in [1.54, 1.807) is 6.92 Å². The van der Waals surface area contributed by atoms with Gasteiger partial charge in [0.25, 0.3) is 0 Å². The van der Waals surface area contributed by atoms with Gasteiger partial charge in [-0.1, -0.05) is 6.92 Å². The maximum absolute atomic E-state index is 11.8. The summed E-state index contributed by atoms with van der Waals surface area (Å²) >= 11 is 0. The predicted molar refractivity (Wildman–Crippen MR) is 68.8 cm³/mol. The summed E-state index contributed by atoms with van der Waals surface area (Å²) in [6.07, 6.45) is 1.95. The number of rotatable bonds is 7. The summed E-state index contributed by atoms with van der Waals surface area (Å²) in [5, 5.41) is 3.10. The van der Waals surface area contributed by atoms with Gasteiger partial charge in [0.1, 0.15) is 0 Å². The molecule has 0 spiro atoms. The number of nitrogens with two attached hydrogens (primary N) is 1. The number of piperidine rings is 1. The van der Waals surface area contributed by atoms with Crippen LogP contribution in [0.5, 0.6) is 0 Å². The van der Waals surface area contributed by atoms with E-state index < -0.39 is 11.4 Å². The molecule has 2 aliphatic rings. The molecule has 1 saturated heterocycles. The van der Waals surface area contributed by atoms with Crippen LogP contribution in [-0.4, -0.2) is 41.2 Å². The molecule has 1 heterocycles. The minimum atomic E-state index is -0.872. The van der Waals surface area contributed by atoms with Crippen LogP contribution < -0.4 is 11.1 Å². The van der Waals surface area contributed by atoms with E-state index in [1.165, 1.54) is 4.90 Å². The summed E-state index contributed by atoms with van der Waals surface area (Å²) < 4.78 is 0. The third-order valence-corrected chi connectivity index (χ3v) is 4.10. The lowest BCUT2D eigenvalue weighted by atomic mass is 9.96. The number of nitrogens with zero attached hydrogens (tertiary/aromatic N) is 1. The molecule has 1 aliphatic heterocycles. The van der Waals surface area contributed by atoms with Crippen molar-refractivity contribution in [2.45, 2.75) is 38.6 Å². The van der Waals surface area contributed by atoms with E-state index in [-0.39, 0.29) is 30.2 Å². The Labute approximate surface area is 112 Å². The molecule has 0 aromatic rings. The fraction of sp³-hybridized carbons (Fsp3) is 0.769. The average Bonchev–Trinajstić information content (AvgIpc) is 3.11. The number of carbonyl (C=O) groups is 3. The number of hydrogen-bond acceptors (Lipinski definition) is 4. The highest BCUT2D eigenvalue weighted by molar-refractivity contribution is 6.08. The van der Waals surface area contributed by atoms with Crippen molar-refractivity contribution in [2.24, 2.45) is 17.6 Å². The highest BCUT2D eigenvalue weighted by Crippen LogP contribution is 2.47. The molecule has 3 amide bonds. The van der Waals surface area contributed by atoms with Crippen molar-refractivity contribution in [1.29, 1.82) is 0 Å². The van der Waals surface area contributed by atoms with Crippen molar-refractivity contribution >= 4 is 17.7 Å². The van der Waals surface area contributed by atoms with E-state index in [2.05, 4.69) is 5.32 Å². The van der Waals surface area contributed by atoms with Gasteiger partial charge in [-0.15, -0.1) is 0 Å². The summed E-state index contributed by atoms with van der Waals surface area (Å²) in [5.41, 5.74) is 4.54. The van der Waals surface area contributed by atoms with Gasteiger partial charge >= 0.3 is 0 Å². The van der Waals surface area contributed by atoms with E-state index in [9.17, 15) is 14.4 Å². The van der Waals surface area contributed by atoms with Crippen LogP contribution in [0.15, 0.2) is 0 Å². The van der Waals surface area contributed by atoms with Crippen molar-refractivity contribution in [3.05, 3.63) is 0 Å². The number of imide groups is 1. The second-order valence-corrected chi connectivity index (χ2v) is 5.65. The first kappa shape index (κ1) is 14.0. The summed E-state index contributed by atoms with van der Waals surface area (Å²) in [6, 6.07) is 0. The molecule has 1 saturated carbocycles. The Hall–Kier alpha value is -1.43. The second-order valence-electron chi connectivity index (χ2n) is 5.65. The van der Waals surface area contributed by atoms with Gasteiger partial charge in [0.15, 0.2) is 0 Å². The van der Waals surface area contributed by atoms with Crippen molar-refractivity contribution in [2.75, 3.05) is 13.1 Å². The van der Waals surface area contributed by atoms with Crippen LogP contribution in [0.25, 0.3) is 0 Å². The first-order valence-electron chi connectivity index (χ1n) is 6.81. The average molecular weight is 267 g/mol. The zero-order valence-corrected chi connectivity index (χ0v) is 11.4. The number of likely N-dealkylation sites (tertiary alicyclic amines) is 1. The van der Waals surface area contributed by atoms with Crippen molar-refractivity contribution < 1.29 is 14.4 Å². The van der Waals surface area contributed by atoms with Crippen LogP contribution in [0.4, 0.5) is 0 Å². The lowest BCUT2D eigenvalue weighted by Gasteiger charge is -2.29. The highest BCUT2D eigenvalue weighted by Gasteiger charge is 2.58. The maximum atomic E-state index is 11.8. The number of fused-ring (bicyclic) bond motifs is 1. The molecule has 2 fully saturated rings. The standard InChI is InChI=1S/C13H21N3O3/c1-3-5-15-13(2,12(14)19)4-6-16-10(17)8-7-9(8)11(16)18/h8-9,15H,3-7H2,1-2H3,(H2,14,19). The molecule has 3 unspecified atom stereocenters. The predicted octanol–water partition coefficient (Wildman–Crippen LogP) is -0.375. The molecule has 1 aliphatic carbocycles. The molecule has 0 radical (unpaired) electrons. The van der Waals surface area contributed by atoms with Gasteiger partial charge in [-0.25, -0.2) is 0 Å². The summed E-state index contributed by atoms with van der Waals surface area (Å²) in [6.45, 7) is 4.65. The van der Waals surface area contributed by atoms with Crippen LogP contribution in [0, 0.1) is 11.8 Å². The quantitative estimate of drug-likeness (QED) is 0.615. The van der Waals surface area contributed by atoms with Gasteiger partial charge in [-0.05, 0) is 32.7 Å². The topological polar surface area (TPSA) is 92.5 Å². The van der Waals surface area contributed by atoms with Crippen LogP contribution in [-0.2, 0) is 14.4 Å². The van der Waals surface area contributed by atoms with Gasteiger partial charge in [0.2, 0.25) is 17.7 Å². The summed E-state index contributed by atoms with van der Waals surface area (Å²) in [5.74, 6) is -0.799. The number of nitrogens with one attached hydrogen (secondary N) is 1. The molecule has 2 rings (SSSR count). The first-order valence-corrected chi connectivity index (χ1v) is 6.81. The van der Waals surface area contributed by atoms with Crippen molar-refractivity contribution in [3.63, 3.8) is 0 Å². The molecule has 3 atom stereocenters. The van der Waals surface area contributed by atoms with Gasteiger partial charge in [-0.2, -0.15) is 0 Å². The summed E-state index contributed by atoms with van der Waals surface area (Å²) in [7, 11) is 0. The van der Waals surface area contributed by atoms with Crippen molar-refractivity contribution in [1.82, 2.24) is 10.2 Å². The van der Waals surface area contributed by atoms with Gasteiger partial charge in [0.05, 0.1) is 17.4 Å². The number of carbonyl (C=O) groups excluding carboxylic acids is 3. The summed E-state index contributed by atoms with van der Waals surface area (Å²) in [4.78, 5) is 36.5. The Balaban J connectivity index is 1.94. The van der Waals surface area contributed by atoms with Crippen LogP contribution in [0.3, 0.4) is 0 Å². The van der Waals surface area contributed by atoms with E-state index in [0.29, 0.717) is 19.4 Å². The highest BCUT2D eigenvalue weighted by atomic mass is 16.2. The lowest BCUT2D eigenvalue weighted by molar-refractivity contribution is -0.142. The minimum absolute atomic E-state index is 0.0858. The fourth-order valence-corrected chi connectivity index (χ4v) is 2.51. The fourth-order valence-electron chi connectivity index (χ4n) is 2.51. The minimum Gasteiger partial charge on any atom is -0.368 e. The first-order chi connectivity index (χ1) is 8.90. The number of primary amides is 1. The van der Waals surface area contributed by atoms with Crippen LogP contribution in [0.1, 0.15) is 33.1 Å². The zero-order valence-electron chi connectivity index (χ0n) is 11.4. The molecular formula is C13H21N3O3. The molecule has 6 nitrogen and oxygen atoms in total. The van der Waals surface area contributed by atoms with Crippen molar-refractivity contribution in [3.8, 4) is 0 Å². The Morgan fingerprint density at radius 3 is 2.47 bits per heavy atom. The smallest absolute Gasteiger partial charge is 0.237 e. The largest absolute Gasteiger partial charge is 0.368 e. The van der Waals surface area contributed by atoms with Gasteiger partial charge in [0, 0.05) is 6.54 Å². The molecule has 3 N–H and O–H groups in total. The van der Waals surface area contributed by atoms with Crippen LogP contribution >= 0.6 is 0 Å². The molecule has 0 aromatic heterocycles. The second kappa shape index (κ2) is 4.92.